The van der Waals surface area contributed by atoms with Gasteiger partial charge >= 0.3 is 0 Å². The molecule has 6 rings (SSSR count). The number of carbonyl (C=O) groups excluding carboxylic acids is 2. The van der Waals surface area contributed by atoms with Gasteiger partial charge in [0.15, 0.2) is 12.4 Å². The van der Waals surface area contributed by atoms with Crippen LogP contribution in [-0.4, -0.2) is 80.2 Å². The van der Waals surface area contributed by atoms with E-state index in [9.17, 15) is 9.59 Å². The van der Waals surface area contributed by atoms with E-state index in [-0.39, 0.29) is 35.4 Å². The van der Waals surface area contributed by atoms with Gasteiger partial charge in [-0.05, 0) is 37.1 Å². The molecule has 0 saturated carbocycles. The van der Waals surface area contributed by atoms with E-state index in [4.69, 9.17) is 19.6 Å². The summed E-state index contributed by atoms with van der Waals surface area (Å²) in [4.78, 5) is 35.5. The van der Waals surface area contributed by atoms with Crippen molar-refractivity contribution in [3.63, 3.8) is 0 Å². The van der Waals surface area contributed by atoms with Gasteiger partial charge in [-0.3, -0.25) is 19.6 Å². The van der Waals surface area contributed by atoms with Crippen LogP contribution in [0, 0.1) is 22.9 Å². The highest BCUT2D eigenvalue weighted by Gasteiger charge is 2.26. The van der Waals surface area contributed by atoms with Crippen LogP contribution in [0.2, 0.25) is 0 Å². The molecule has 2 amide bonds. The summed E-state index contributed by atoms with van der Waals surface area (Å²) in [6.07, 6.45) is 10.6. The maximum absolute atomic E-state index is 12.1. The number of nitrogens with zero attached hydrogens (tertiary/aromatic N) is 8. The highest BCUT2D eigenvalue weighted by atomic mass is 16.5. The van der Waals surface area contributed by atoms with Crippen molar-refractivity contribution in [3.05, 3.63) is 72.6 Å². The lowest BCUT2D eigenvalue weighted by Gasteiger charge is -2.10. The van der Waals surface area contributed by atoms with Crippen LogP contribution in [-0.2, 0) is 0 Å². The third kappa shape index (κ3) is 6.86. The van der Waals surface area contributed by atoms with Crippen molar-refractivity contribution in [2.45, 2.75) is 24.9 Å². The van der Waals surface area contributed by atoms with Crippen LogP contribution in [0.4, 0.5) is 0 Å². The summed E-state index contributed by atoms with van der Waals surface area (Å²) >= 11 is 0. The molecule has 0 aromatic carbocycles. The summed E-state index contributed by atoms with van der Waals surface area (Å²) in [7, 11) is 0. The van der Waals surface area contributed by atoms with Crippen molar-refractivity contribution < 1.29 is 18.6 Å². The normalized spacial score (nSPS) is 17.5. The minimum absolute atomic E-state index is 0.0379. The molecule has 14 heteroatoms. The first kappa shape index (κ1) is 27.8. The van der Waals surface area contributed by atoms with Gasteiger partial charge in [-0.25, -0.2) is 0 Å². The molecule has 0 bridgehead atoms. The third-order valence-corrected chi connectivity index (χ3v) is 6.68. The molecule has 4 aromatic heterocycles. The summed E-state index contributed by atoms with van der Waals surface area (Å²) in [6, 6.07) is 12.1. The molecule has 42 heavy (non-hydrogen) atoms. The van der Waals surface area contributed by atoms with Gasteiger partial charge in [0.1, 0.15) is 11.4 Å². The van der Waals surface area contributed by atoms with E-state index in [1.807, 2.05) is 12.1 Å². The first-order valence-corrected chi connectivity index (χ1v) is 13.2. The number of hydrogen-bond donors (Lipinski definition) is 2. The number of pyridine rings is 2. The van der Waals surface area contributed by atoms with Crippen LogP contribution >= 0.6 is 0 Å². The third-order valence-electron chi connectivity index (χ3n) is 6.68. The van der Waals surface area contributed by atoms with Crippen molar-refractivity contribution in [2.24, 2.45) is 0 Å². The van der Waals surface area contributed by atoms with Gasteiger partial charge < -0.3 is 29.5 Å². The standard InChI is InChI=1S/2C14H13N5O2/c15-9-19-5-3-11(8-19)17-14(20)13-6-12(18-21-13)10-2-1-4-16-7-10;15-9-19-6-4-10(8-19)17-14(20)13-7-12(18-21-13)11-3-1-2-5-16-11/h1-2,4,6-7,11H,3,5,8H2,(H,17,20);1-3,5,7,10H,4,6,8H2,(H,17,20)/t11-;10-/m11/s1. The average molecular weight is 567 g/mol. The second-order valence-corrected chi connectivity index (χ2v) is 9.62. The van der Waals surface area contributed by atoms with Gasteiger partial charge in [-0.1, -0.05) is 16.4 Å². The van der Waals surface area contributed by atoms with Gasteiger partial charge in [0.05, 0.1) is 5.69 Å². The molecule has 2 atom stereocenters. The Labute approximate surface area is 240 Å². The first-order valence-electron chi connectivity index (χ1n) is 13.2. The number of nitrogens with one attached hydrogen (secondary N) is 2. The van der Waals surface area contributed by atoms with E-state index in [0.29, 0.717) is 43.3 Å². The smallest absolute Gasteiger partial charge is 0.290 e. The van der Waals surface area contributed by atoms with Gasteiger partial charge in [-0.2, -0.15) is 10.5 Å². The molecule has 2 aliphatic heterocycles. The number of likely N-dealkylation sites (tertiary alicyclic amines) is 2. The number of nitriles is 2. The van der Waals surface area contributed by atoms with Crippen LogP contribution in [0.25, 0.3) is 22.6 Å². The minimum Gasteiger partial charge on any atom is -0.350 e. The Morgan fingerprint density at radius 2 is 1.43 bits per heavy atom. The molecule has 0 unspecified atom stereocenters. The molecule has 6 heterocycles. The number of rotatable bonds is 6. The fourth-order valence-corrected chi connectivity index (χ4v) is 4.50. The van der Waals surface area contributed by atoms with Gasteiger partial charge in [0.25, 0.3) is 11.8 Å². The van der Waals surface area contributed by atoms with E-state index in [0.717, 1.165) is 18.4 Å². The highest BCUT2D eigenvalue weighted by Crippen LogP contribution is 2.19. The Bertz CT molecular complexity index is 1470. The lowest BCUT2D eigenvalue weighted by atomic mass is 10.2. The number of carbonyl (C=O) groups is 2. The van der Waals surface area contributed by atoms with Crippen molar-refractivity contribution in [1.29, 1.82) is 10.5 Å². The molecular weight excluding hydrogens is 540 g/mol. The van der Waals surface area contributed by atoms with Gasteiger partial charge in [0.2, 0.25) is 11.5 Å². The molecule has 2 fully saturated rings. The number of hydrogen-bond acceptors (Lipinski definition) is 12. The van der Waals surface area contributed by atoms with E-state index in [2.05, 4.69) is 43.3 Å². The average Bonchev–Trinajstić information content (AvgIpc) is 3.85. The summed E-state index contributed by atoms with van der Waals surface area (Å²) < 4.78 is 10.1. The Balaban J connectivity index is 0.000000168. The van der Waals surface area contributed by atoms with Gasteiger partial charge in [0, 0.05) is 74.5 Å². The minimum atomic E-state index is -0.325. The molecule has 14 nitrogen and oxygen atoms in total. The number of aromatic nitrogens is 4. The van der Waals surface area contributed by atoms with E-state index < -0.39 is 0 Å². The second-order valence-electron chi connectivity index (χ2n) is 9.62. The van der Waals surface area contributed by atoms with Gasteiger partial charge in [-0.15, -0.1) is 0 Å². The molecule has 0 aliphatic carbocycles. The van der Waals surface area contributed by atoms with Crippen LogP contribution in [0.3, 0.4) is 0 Å². The fraction of sp³-hybridized carbons (Fsp3) is 0.286. The molecule has 0 spiro atoms. The summed E-state index contributed by atoms with van der Waals surface area (Å²) in [5, 5.41) is 31.0. The van der Waals surface area contributed by atoms with E-state index in [1.165, 1.54) is 0 Å². The fourth-order valence-electron chi connectivity index (χ4n) is 4.50. The molecular formula is C28H26N10O4. The van der Waals surface area contributed by atoms with E-state index in [1.54, 1.807) is 58.7 Å². The Kier molecular flexibility index (Phi) is 8.64. The van der Waals surface area contributed by atoms with Crippen molar-refractivity contribution in [1.82, 2.24) is 40.7 Å². The van der Waals surface area contributed by atoms with Crippen LogP contribution < -0.4 is 10.6 Å². The van der Waals surface area contributed by atoms with Crippen molar-refractivity contribution in [2.75, 3.05) is 26.2 Å². The molecule has 0 radical (unpaired) electrons. The predicted molar refractivity (Wildman–Crippen MR) is 146 cm³/mol. The zero-order chi connectivity index (χ0) is 29.3. The molecule has 2 saturated heterocycles. The summed E-state index contributed by atoms with van der Waals surface area (Å²) in [5.41, 5.74) is 2.53. The zero-order valence-electron chi connectivity index (χ0n) is 22.4. The number of amides is 2. The van der Waals surface area contributed by atoms with Crippen LogP contribution in [0.5, 0.6) is 0 Å². The second kappa shape index (κ2) is 13.1. The Hall–Kier alpha value is -5.76. The molecule has 212 valence electrons. The maximum atomic E-state index is 12.1. The lowest BCUT2D eigenvalue weighted by molar-refractivity contribution is 0.0894. The predicted octanol–water partition coefficient (Wildman–Crippen LogP) is 2.04. The van der Waals surface area contributed by atoms with Crippen LogP contribution in [0.1, 0.15) is 34.0 Å². The Morgan fingerprint density at radius 1 is 0.810 bits per heavy atom. The van der Waals surface area contributed by atoms with Crippen LogP contribution in [0.15, 0.2) is 70.1 Å². The maximum Gasteiger partial charge on any atom is 0.290 e. The first-order chi connectivity index (χ1) is 20.5. The lowest BCUT2D eigenvalue weighted by Crippen LogP contribution is -2.36. The van der Waals surface area contributed by atoms with E-state index >= 15 is 0 Å². The highest BCUT2D eigenvalue weighted by molar-refractivity contribution is 5.93. The molecule has 4 aromatic rings. The zero-order valence-corrected chi connectivity index (χ0v) is 22.4. The largest absolute Gasteiger partial charge is 0.350 e. The molecule has 2 N–H and O–H groups in total. The SMILES string of the molecule is N#CN1CC[C@@H](NC(=O)c2cc(-c3ccccn3)no2)C1.N#CN1CC[C@@H](NC(=O)c2cc(-c3cccnc3)no2)C1. The van der Waals surface area contributed by atoms with Crippen molar-refractivity contribution >= 4 is 11.8 Å². The summed E-state index contributed by atoms with van der Waals surface area (Å²) in [6.45, 7) is 2.39. The topological polar surface area (TPSA) is 190 Å². The molecule has 2 aliphatic rings. The Morgan fingerprint density at radius 3 is 1.95 bits per heavy atom. The quantitative estimate of drug-likeness (QED) is 0.323. The monoisotopic (exact) mass is 566 g/mol. The van der Waals surface area contributed by atoms with Crippen molar-refractivity contribution in [3.8, 4) is 35.0 Å². The summed E-state index contributed by atoms with van der Waals surface area (Å²) in [5.74, 6) is -0.341.